The van der Waals surface area contributed by atoms with Crippen molar-refractivity contribution in [3.8, 4) is 0 Å². The van der Waals surface area contributed by atoms with Crippen LogP contribution in [0.4, 0.5) is 5.69 Å². The monoisotopic (exact) mass is 231 g/mol. The van der Waals surface area contributed by atoms with E-state index in [1.54, 1.807) is 7.05 Å². The van der Waals surface area contributed by atoms with Crippen molar-refractivity contribution >= 4 is 23.2 Å². The van der Waals surface area contributed by atoms with E-state index in [-0.39, 0.29) is 11.8 Å². The Morgan fingerprint density at radius 1 is 1.29 bits per heavy atom. The Kier molecular flexibility index (Phi) is 3.18. The first kappa shape index (κ1) is 11.3. The highest BCUT2D eigenvalue weighted by atomic mass is 16.2. The smallest absolute Gasteiger partial charge is 0.274 e. The van der Waals surface area contributed by atoms with Gasteiger partial charge in [-0.15, -0.1) is 0 Å². The zero-order chi connectivity index (χ0) is 12.3. The van der Waals surface area contributed by atoms with E-state index < -0.39 is 0 Å². The summed E-state index contributed by atoms with van der Waals surface area (Å²) in [6, 6.07) is 9.31. The SMILES string of the molecule is CN(C(=O)C1=NNC(=O)CC1)c1ccccc1. The molecular formula is C12H13N3O2. The lowest BCUT2D eigenvalue weighted by atomic mass is 10.1. The van der Waals surface area contributed by atoms with Crippen molar-refractivity contribution in [1.82, 2.24) is 5.43 Å². The summed E-state index contributed by atoms with van der Waals surface area (Å²) < 4.78 is 0. The fourth-order valence-electron chi connectivity index (χ4n) is 1.59. The number of benzene rings is 1. The van der Waals surface area contributed by atoms with Gasteiger partial charge in [0.15, 0.2) is 0 Å². The largest absolute Gasteiger partial charge is 0.310 e. The number of carbonyl (C=O) groups excluding carboxylic acids is 2. The Balaban J connectivity index is 2.13. The lowest BCUT2D eigenvalue weighted by Crippen LogP contribution is -2.38. The van der Waals surface area contributed by atoms with Crippen LogP contribution < -0.4 is 10.3 Å². The van der Waals surface area contributed by atoms with E-state index in [1.807, 2.05) is 30.3 Å². The van der Waals surface area contributed by atoms with E-state index in [0.717, 1.165) is 5.69 Å². The second kappa shape index (κ2) is 4.78. The van der Waals surface area contributed by atoms with Crippen LogP contribution in [0.2, 0.25) is 0 Å². The average molecular weight is 231 g/mol. The van der Waals surface area contributed by atoms with Gasteiger partial charge in [0, 0.05) is 25.6 Å². The second-order valence-corrected chi connectivity index (χ2v) is 3.79. The van der Waals surface area contributed by atoms with Gasteiger partial charge in [0.1, 0.15) is 5.71 Å². The van der Waals surface area contributed by atoms with E-state index in [0.29, 0.717) is 18.6 Å². The number of hydrazone groups is 1. The molecule has 5 heteroatoms. The van der Waals surface area contributed by atoms with Gasteiger partial charge in [-0.25, -0.2) is 5.43 Å². The van der Waals surface area contributed by atoms with Gasteiger partial charge in [-0.05, 0) is 12.1 Å². The van der Waals surface area contributed by atoms with Gasteiger partial charge in [-0.2, -0.15) is 5.10 Å². The summed E-state index contributed by atoms with van der Waals surface area (Å²) in [5.41, 5.74) is 3.51. The van der Waals surface area contributed by atoms with Gasteiger partial charge in [-0.1, -0.05) is 18.2 Å². The quantitative estimate of drug-likeness (QED) is 0.822. The number of anilines is 1. The number of hydrogen-bond acceptors (Lipinski definition) is 3. The number of carbonyl (C=O) groups is 2. The average Bonchev–Trinajstić information content (AvgIpc) is 2.39. The van der Waals surface area contributed by atoms with Crippen LogP contribution in [0.1, 0.15) is 12.8 Å². The molecule has 1 aliphatic heterocycles. The first-order chi connectivity index (χ1) is 8.18. The molecule has 2 amide bonds. The highest BCUT2D eigenvalue weighted by molar-refractivity contribution is 6.44. The highest BCUT2D eigenvalue weighted by Crippen LogP contribution is 2.13. The molecule has 0 saturated carbocycles. The molecule has 2 rings (SSSR count). The molecule has 0 radical (unpaired) electrons. The molecule has 1 aromatic rings. The van der Waals surface area contributed by atoms with E-state index in [9.17, 15) is 9.59 Å². The minimum absolute atomic E-state index is 0.149. The van der Waals surface area contributed by atoms with Crippen molar-refractivity contribution in [3.05, 3.63) is 30.3 Å². The molecule has 0 atom stereocenters. The zero-order valence-electron chi connectivity index (χ0n) is 9.51. The van der Waals surface area contributed by atoms with Crippen molar-refractivity contribution in [3.63, 3.8) is 0 Å². The van der Waals surface area contributed by atoms with Crippen molar-refractivity contribution in [2.24, 2.45) is 5.10 Å². The Morgan fingerprint density at radius 3 is 2.59 bits per heavy atom. The Hall–Kier alpha value is -2.17. The van der Waals surface area contributed by atoms with Gasteiger partial charge < -0.3 is 4.90 Å². The minimum atomic E-state index is -0.184. The first-order valence-corrected chi connectivity index (χ1v) is 5.37. The topological polar surface area (TPSA) is 61.8 Å². The number of amides is 2. The van der Waals surface area contributed by atoms with Crippen LogP contribution >= 0.6 is 0 Å². The number of rotatable bonds is 2. The molecule has 5 nitrogen and oxygen atoms in total. The van der Waals surface area contributed by atoms with Gasteiger partial charge in [0.2, 0.25) is 5.91 Å². The fraction of sp³-hybridized carbons (Fsp3) is 0.250. The number of nitrogens with zero attached hydrogens (tertiary/aromatic N) is 2. The summed E-state index contributed by atoms with van der Waals surface area (Å²) in [5, 5.41) is 3.78. The van der Waals surface area contributed by atoms with Crippen LogP contribution in [-0.2, 0) is 9.59 Å². The number of para-hydroxylation sites is 1. The molecule has 1 heterocycles. The van der Waals surface area contributed by atoms with Crippen LogP contribution in [0.25, 0.3) is 0 Å². The summed E-state index contributed by atoms with van der Waals surface area (Å²) in [4.78, 5) is 24.5. The maximum absolute atomic E-state index is 12.0. The molecule has 1 N–H and O–H groups in total. The zero-order valence-corrected chi connectivity index (χ0v) is 9.51. The summed E-state index contributed by atoms with van der Waals surface area (Å²) in [6.07, 6.45) is 0.703. The predicted molar refractivity (Wildman–Crippen MR) is 64.7 cm³/mol. The fourth-order valence-corrected chi connectivity index (χ4v) is 1.59. The summed E-state index contributed by atoms with van der Waals surface area (Å²) in [6.45, 7) is 0. The van der Waals surface area contributed by atoms with Crippen molar-refractivity contribution in [1.29, 1.82) is 0 Å². The first-order valence-electron chi connectivity index (χ1n) is 5.37. The van der Waals surface area contributed by atoms with E-state index in [4.69, 9.17) is 0 Å². The molecule has 0 fully saturated rings. The third-order valence-electron chi connectivity index (χ3n) is 2.60. The number of hydrogen-bond donors (Lipinski definition) is 1. The van der Waals surface area contributed by atoms with Crippen molar-refractivity contribution in [2.75, 3.05) is 11.9 Å². The van der Waals surface area contributed by atoms with Crippen molar-refractivity contribution < 1.29 is 9.59 Å². The Bertz CT molecular complexity index is 468. The Labute approximate surface area is 99.1 Å². The summed E-state index contributed by atoms with van der Waals surface area (Å²) in [5.74, 6) is -0.333. The van der Waals surface area contributed by atoms with Crippen LogP contribution in [0.3, 0.4) is 0 Å². The normalized spacial score (nSPS) is 14.9. The molecule has 0 bridgehead atoms. The molecule has 0 unspecified atom stereocenters. The second-order valence-electron chi connectivity index (χ2n) is 3.79. The van der Waals surface area contributed by atoms with Gasteiger partial charge in [0.05, 0.1) is 0 Å². The standard InChI is InChI=1S/C12H13N3O2/c1-15(9-5-3-2-4-6-9)12(17)10-7-8-11(16)14-13-10/h2-6H,7-8H2,1H3,(H,14,16). The minimum Gasteiger partial charge on any atom is -0.310 e. The molecule has 0 spiro atoms. The van der Waals surface area contributed by atoms with Gasteiger partial charge in [-0.3, -0.25) is 9.59 Å². The molecule has 1 aliphatic rings. The molecule has 17 heavy (non-hydrogen) atoms. The lowest BCUT2D eigenvalue weighted by Gasteiger charge is -2.19. The van der Waals surface area contributed by atoms with Crippen LogP contribution in [0.5, 0.6) is 0 Å². The predicted octanol–water partition coefficient (Wildman–Crippen LogP) is 0.915. The Morgan fingerprint density at radius 2 is 2.00 bits per heavy atom. The molecule has 0 aliphatic carbocycles. The molecule has 88 valence electrons. The maximum Gasteiger partial charge on any atom is 0.274 e. The van der Waals surface area contributed by atoms with Crippen LogP contribution in [-0.4, -0.2) is 24.6 Å². The molecule has 0 aromatic heterocycles. The summed E-state index contributed by atoms with van der Waals surface area (Å²) in [7, 11) is 1.69. The molecule has 1 aromatic carbocycles. The van der Waals surface area contributed by atoms with Gasteiger partial charge in [0.25, 0.3) is 5.91 Å². The third-order valence-corrected chi connectivity index (χ3v) is 2.60. The van der Waals surface area contributed by atoms with E-state index in [1.165, 1.54) is 4.90 Å². The van der Waals surface area contributed by atoms with E-state index >= 15 is 0 Å². The van der Waals surface area contributed by atoms with Crippen LogP contribution in [0.15, 0.2) is 35.4 Å². The van der Waals surface area contributed by atoms with Crippen molar-refractivity contribution in [2.45, 2.75) is 12.8 Å². The third kappa shape index (κ3) is 2.50. The molecular weight excluding hydrogens is 218 g/mol. The van der Waals surface area contributed by atoms with E-state index in [2.05, 4.69) is 10.5 Å². The lowest BCUT2D eigenvalue weighted by molar-refractivity contribution is -0.121. The van der Waals surface area contributed by atoms with Gasteiger partial charge >= 0.3 is 0 Å². The highest BCUT2D eigenvalue weighted by Gasteiger charge is 2.21. The maximum atomic E-state index is 12.0. The number of nitrogens with one attached hydrogen (secondary N) is 1. The summed E-state index contributed by atoms with van der Waals surface area (Å²) >= 11 is 0. The van der Waals surface area contributed by atoms with Crippen LogP contribution in [0, 0.1) is 0 Å². The molecule has 0 saturated heterocycles.